The van der Waals surface area contributed by atoms with E-state index in [0.29, 0.717) is 18.9 Å². The standard InChI is InChI=1S/C37H49N5O5S/c1-6-40(7-2)48(45,46)38-35(43)25-13-15-31-32(18-25)41-23-37(3,36(44)42-27-19-28(42)22-39(4)21-27)20-26-17-29(47-5)14-16-30(26)34(41)33(31)24-11-9-8-10-12-24/h13-18,24,27-28H,6-12,19-23H2,1-5H3,(H,38,43). The van der Waals surface area contributed by atoms with Gasteiger partial charge in [-0.1, -0.05) is 39.2 Å². The number of hydrogen-bond acceptors (Lipinski definition) is 6. The van der Waals surface area contributed by atoms with Crippen LogP contribution in [-0.2, 0) is 28.0 Å². The minimum atomic E-state index is -3.99. The molecular weight excluding hydrogens is 627 g/mol. The molecule has 48 heavy (non-hydrogen) atoms. The lowest BCUT2D eigenvalue weighted by Crippen LogP contribution is -2.71. The molecule has 1 saturated carbocycles. The van der Waals surface area contributed by atoms with Crippen LogP contribution in [0.5, 0.6) is 5.75 Å². The van der Waals surface area contributed by atoms with Crippen molar-refractivity contribution < 1.29 is 22.7 Å². The highest BCUT2D eigenvalue weighted by Crippen LogP contribution is 2.50. The summed E-state index contributed by atoms with van der Waals surface area (Å²) in [5.74, 6) is 0.635. The molecule has 3 atom stereocenters. The van der Waals surface area contributed by atoms with Crippen LogP contribution in [0.2, 0.25) is 0 Å². The number of amides is 2. The first-order valence-electron chi connectivity index (χ1n) is 17.6. The van der Waals surface area contributed by atoms with Crippen molar-refractivity contribution in [2.24, 2.45) is 5.41 Å². The van der Waals surface area contributed by atoms with E-state index in [4.69, 9.17) is 4.74 Å². The number of nitrogens with one attached hydrogen (secondary N) is 1. The number of aromatic nitrogens is 1. The summed E-state index contributed by atoms with van der Waals surface area (Å²) >= 11 is 0. The van der Waals surface area contributed by atoms with Gasteiger partial charge in [-0.05, 0) is 87.0 Å². The van der Waals surface area contributed by atoms with Crippen molar-refractivity contribution in [3.8, 4) is 17.0 Å². The van der Waals surface area contributed by atoms with E-state index in [2.05, 4.69) is 45.2 Å². The van der Waals surface area contributed by atoms with E-state index in [-0.39, 0.29) is 36.6 Å². The maximum absolute atomic E-state index is 14.8. The number of fused-ring (bicyclic) bond motifs is 7. The largest absolute Gasteiger partial charge is 0.497 e. The molecule has 7 rings (SSSR count). The number of benzene rings is 2. The van der Waals surface area contributed by atoms with Gasteiger partial charge in [0.05, 0.1) is 18.2 Å². The van der Waals surface area contributed by atoms with Crippen LogP contribution in [0, 0.1) is 5.41 Å². The summed E-state index contributed by atoms with van der Waals surface area (Å²) in [4.78, 5) is 32.8. The van der Waals surface area contributed by atoms with E-state index in [9.17, 15) is 18.0 Å². The van der Waals surface area contributed by atoms with Gasteiger partial charge in [-0.2, -0.15) is 12.7 Å². The molecular formula is C37H49N5O5S. The summed E-state index contributed by atoms with van der Waals surface area (Å²) in [7, 11) is -0.184. The molecule has 1 N–H and O–H groups in total. The summed E-state index contributed by atoms with van der Waals surface area (Å²) in [6.45, 7) is 8.36. The lowest BCUT2D eigenvalue weighted by molar-refractivity contribution is -0.164. The Balaban J connectivity index is 1.40. The average Bonchev–Trinajstić information content (AvgIpc) is 3.29. The van der Waals surface area contributed by atoms with Gasteiger partial charge in [0.2, 0.25) is 5.91 Å². The number of hydrogen-bond donors (Lipinski definition) is 1. The minimum absolute atomic E-state index is 0.179. The number of carbonyl (C=O) groups excluding carboxylic acids is 2. The van der Waals surface area contributed by atoms with Crippen molar-refractivity contribution in [2.45, 2.75) is 90.3 Å². The Morgan fingerprint density at radius 2 is 1.73 bits per heavy atom. The van der Waals surface area contributed by atoms with Gasteiger partial charge in [0.1, 0.15) is 5.75 Å². The zero-order valence-electron chi connectivity index (χ0n) is 28.9. The molecule has 2 aromatic carbocycles. The fourth-order valence-corrected chi connectivity index (χ4v) is 10.2. The number of likely N-dealkylation sites (N-methyl/N-ethyl adjacent to an activating group) is 1. The van der Waals surface area contributed by atoms with Crippen LogP contribution in [-0.4, -0.2) is 91.3 Å². The molecule has 3 unspecified atom stereocenters. The molecule has 1 aromatic heterocycles. The normalized spacial score (nSPS) is 24.5. The van der Waals surface area contributed by atoms with Gasteiger partial charge < -0.3 is 19.1 Å². The number of rotatable bonds is 8. The van der Waals surface area contributed by atoms with Crippen molar-refractivity contribution in [3.05, 3.63) is 53.1 Å². The van der Waals surface area contributed by atoms with Crippen molar-refractivity contribution in [3.63, 3.8) is 0 Å². The monoisotopic (exact) mass is 675 g/mol. The van der Waals surface area contributed by atoms with Crippen LogP contribution >= 0.6 is 0 Å². The van der Waals surface area contributed by atoms with Gasteiger partial charge in [-0.3, -0.25) is 9.59 Å². The number of nitrogens with zero attached hydrogens (tertiary/aromatic N) is 4. The third-order valence-corrected chi connectivity index (χ3v) is 13.1. The first kappa shape index (κ1) is 33.1. The predicted octanol–water partition coefficient (Wildman–Crippen LogP) is 5.16. The molecule has 2 amide bonds. The second kappa shape index (κ2) is 12.5. The van der Waals surface area contributed by atoms with E-state index in [1.165, 1.54) is 29.1 Å². The molecule has 3 aromatic rings. The smallest absolute Gasteiger partial charge is 0.304 e. The van der Waals surface area contributed by atoms with Crippen LogP contribution in [0.3, 0.4) is 0 Å². The Morgan fingerprint density at radius 3 is 2.40 bits per heavy atom. The average molecular weight is 676 g/mol. The first-order chi connectivity index (χ1) is 23.0. The molecule has 11 heteroatoms. The Kier molecular flexibility index (Phi) is 8.61. The topological polar surface area (TPSA) is 104 Å². The number of ether oxygens (including phenoxy) is 1. The SMILES string of the molecule is CCN(CC)S(=O)(=O)NC(=O)c1ccc2c(C3CCCCC3)c3n(c2c1)CC(C)(C(=O)N1C2CC1CN(C)C2)Cc1cc(OC)ccc1-3. The van der Waals surface area contributed by atoms with E-state index in [0.717, 1.165) is 65.8 Å². The maximum atomic E-state index is 14.8. The summed E-state index contributed by atoms with van der Waals surface area (Å²) in [5, 5.41) is 1.07. The molecule has 2 bridgehead atoms. The number of carbonyl (C=O) groups is 2. The number of methoxy groups -OCH3 is 1. The lowest BCUT2D eigenvalue weighted by atomic mass is 9.77. The number of likely N-dealkylation sites (tertiary alicyclic amines) is 2. The summed E-state index contributed by atoms with van der Waals surface area (Å²) in [6, 6.07) is 12.3. The molecule has 2 saturated heterocycles. The highest BCUT2D eigenvalue weighted by atomic mass is 32.2. The van der Waals surface area contributed by atoms with Crippen LogP contribution in [0.15, 0.2) is 36.4 Å². The van der Waals surface area contributed by atoms with Crippen molar-refractivity contribution in [1.82, 2.24) is 23.4 Å². The van der Waals surface area contributed by atoms with Gasteiger partial charge in [0, 0.05) is 66.8 Å². The number of piperazine rings is 1. The summed E-state index contributed by atoms with van der Waals surface area (Å²) in [6.07, 6.45) is 7.35. The van der Waals surface area contributed by atoms with E-state index in [1.54, 1.807) is 27.0 Å². The molecule has 1 aliphatic carbocycles. The van der Waals surface area contributed by atoms with Crippen LogP contribution < -0.4 is 9.46 Å². The summed E-state index contributed by atoms with van der Waals surface area (Å²) in [5.41, 5.74) is 4.98. The molecule has 4 aliphatic rings. The molecule has 0 radical (unpaired) electrons. The molecule has 4 heterocycles. The van der Waals surface area contributed by atoms with Gasteiger partial charge in [0.25, 0.3) is 5.91 Å². The fourth-order valence-electron chi connectivity index (χ4n) is 9.09. The zero-order valence-corrected chi connectivity index (χ0v) is 29.7. The predicted molar refractivity (Wildman–Crippen MR) is 187 cm³/mol. The zero-order chi connectivity index (χ0) is 34.0. The second-order valence-electron chi connectivity index (χ2n) is 14.7. The second-order valence-corrected chi connectivity index (χ2v) is 16.3. The Morgan fingerprint density at radius 1 is 1.02 bits per heavy atom. The van der Waals surface area contributed by atoms with E-state index >= 15 is 0 Å². The van der Waals surface area contributed by atoms with Gasteiger partial charge >= 0.3 is 10.2 Å². The summed E-state index contributed by atoms with van der Waals surface area (Å²) < 4.78 is 37.5. The highest BCUT2D eigenvalue weighted by molar-refractivity contribution is 7.87. The Hall–Kier alpha value is -3.41. The van der Waals surface area contributed by atoms with Crippen molar-refractivity contribution in [1.29, 1.82) is 0 Å². The molecule has 3 aliphatic heterocycles. The highest BCUT2D eigenvalue weighted by Gasteiger charge is 2.52. The fraction of sp³-hybridized carbons (Fsp3) is 0.568. The van der Waals surface area contributed by atoms with E-state index < -0.39 is 21.5 Å². The van der Waals surface area contributed by atoms with Crippen molar-refractivity contribution >= 4 is 32.9 Å². The molecule has 0 spiro atoms. The number of piperidine rings is 1. The van der Waals surface area contributed by atoms with Gasteiger partial charge in [0.15, 0.2) is 0 Å². The van der Waals surface area contributed by atoms with Gasteiger partial charge in [-0.15, -0.1) is 0 Å². The lowest BCUT2D eigenvalue weighted by Gasteiger charge is -2.57. The van der Waals surface area contributed by atoms with Crippen molar-refractivity contribution in [2.75, 3.05) is 40.3 Å². The third-order valence-electron chi connectivity index (χ3n) is 11.4. The van der Waals surface area contributed by atoms with Crippen LogP contribution in [0.25, 0.3) is 22.2 Å². The first-order valence-corrected chi connectivity index (χ1v) is 19.1. The molecule has 3 fully saturated rings. The third kappa shape index (κ3) is 5.51. The minimum Gasteiger partial charge on any atom is -0.497 e. The van der Waals surface area contributed by atoms with E-state index in [1.807, 2.05) is 18.2 Å². The maximum Gasteiger partial charge on any atom is 0.304 e. The molecule has 258 valence electrons. The van der Waals surface area contributed by atoms with Gasteiger partial charge in [-0.25, -0.2) is 4.72 Å². The Labute approximate surface area is 284 Å². The van der Waals surface area contributed by atoms with Crippen LogP contribution in [0.4, 0.5) is 0 Å². The quantitative estimate of drug-likeness (QED) is 0.354. The van der Waals surface area contributed by atoms with Crippen LogP contribution in [0.1, 0.15) is 86.7 Å². The Bertz CT molecular complexity index is 1850. The molecule has 10 nitrogen and oxygen atoms in total.